The molecule has 0 heterocycles. The second kappa shape index (κ2) is 4.93. The lowest BCUT2D eigenvalue weighted by Crippen LogP contribution is -2.27. The highest BCUT2D eigenvalue weighted by atomic mass is 127. The van der Waals surface area contributed by atoms with Gasteiger partial charge in [-0.05, 0) is 0 Å². The molecule has 0 aromatic carbocycles. The molecule has 0 amide bonds. The van der Waals surface area contributed by atoms with E-state index in [0.717, 1.165) is 0 Å². The largest absolute Gasteiger partial charge is 0.468 e. The average Bonchev–Trinajstić information content (AvgIpc) is 2.01. The predicted molar refractivity (Wildman–Crippen MR) is 58.9 cm³/mol. The molecule has 4 heteroatoms. The second-order valence-electron chi connectivity index (χ2n) is 3.87. The van der Waals surface area contributed by atoms with E-state index in [1.165, 1.54) is 7.11 Å². The zero-order valence-corrected chi connectivity index (χ0v) is 10.5. The van der Waals surface area contributed by atoms with Crippen LogP contribution in [0.3, 0.4) is 0 Å². The zero-order chi connectivity index (χ0) is 10.6. The average molecular weight is 298 g/mol. The molecule has 13 heavy (non-hydrogen) atoms. The molecule has 0 aliphatic carbocycles. The molecule has 0 bridgehead atoms. The zero-order valence-electron chi connectivity index (χ0n) is 8.39. The van der Waals surface area contributed by atoms with Crippen molar-refractivity contribution in [3.63, 3.8) is 0 Å². The summed E-state index contributed by atoms with van der Waals surface area (Å²) in [6.07, 6.45) is 0.247. The van der Waals surface area contributed by atoms with E-state index in [4.69, 9.17) is 0 Å². The Balaban J connectivity index is 4.15. The van der Waals surface area contributed by atoms with Crippen LogP contribution >= 0.6 is 22.6 Å². The first-order valence-corrected chi connectivity index (χ1v) is 5.28. The van der Waals surface area contributed by atoms with Gasteiger partial charge in [0.05, 0.1) is 7.11 Å². The van der Waals surface area contributed by atoms with Gasteiger partial charge in [-0.1, -0.05) is 43.4 Å². The highest BCUT2D eigenvalue weighted by Crippen LogP contribution is 2.20. The van der Waals surface area contributed by atoms with Crippen molar-refractivity contribution in [2.75, 3.05) is 7.11 Å². The first-order chi connectivity index (χ1) is 5.79. The van der Waals surface area contributed by atoms with Crippen LogP contribution in [0, 0.1) is 5.41 Å². The van der Waals surface area contributed by atoms with Crippen molar-refractivity contribution in [3.05, 3.63) is 0 Å². The summed E-state index contributed by atoms with van der Waals surface area (Å²) in [5, 5.41) is 0. The van der Waals surface area contributed by atoms with E-state index in [9.17, 15) is 9.59 Å². The number of hydrogen-bond acceptors (Lipinski definition) is 3. The number of ether oxygens (including phenoxy) is 1. The normalized spacial score (nSPS) is 13.6. The van der Waals surface area contributed by atoms with E-state index >= 15 is 0 Å². The molecule has 0 aromatic rings. The van der Waals surface area contributed by atoms with Crippen molar-refractivity contribution in [1.82, 2.24) is 0 Å². The summed E-state index contributed by atoms with van der Waals surface area (Å²) >= 11 is 1.93. The summed E-state index contributed by atoms with van der Waals surface area (Å²) in [6, 6.07) is 0. The number of Topliss-reactive ketones (excluding diaryl/α,β-unsaturated/α-hetero) is 1. The van der Waals surface area contributed by atoms with Crippen molar-refractivity contribution in [3.8, 4) is 0 Å². The minimum atomic E-state index is -0.378. The summed E-state index contributed by atoms with van der Waals surface area (Å²) in [5.74, 6) is -0.254. The fourth-order valence-electron chi connectivity index (χ4n) is 0.680. The highest BCUT2D eigenvalue weighted by molar-refractivity contribution is 14.1. The van der Waals surface area contributed by atoms with Gasteiger partial charge in [-0.15, -0.1) is 0 Å². The summed E-state index contributed by atoms with van der Waals surface area (Å²) < 4.78 is 4.16. The van der Waals surface area contributed by atoms with Crippen LogP contribution in [-0.2, 0) is 14.3 Å². The van der Waals surface area contributed by atoms with Crippen molar-refractivity contribution in [1.29, 1.82) is 0 Å². The molecule has 1 unspecified atom stereocenters. The van der Waals surface area contributed by atoms with Crippen LogP contribution in [0.25, 0.3) is 0 Å². The molecule has 3 nitrogen and oxygen atoms in total. The van der Waals surface area contributed by atoms with Crippen molar-refractivity contribution >= 4 is 34.3 Å². The minimum Gasteiger partial charge on any atom is -0.468 e. The highest BCUT2D eigenvalue weighted by Gasteiger charge is 2.26. The van der Waals surface area contributed by atoms with E-state index in [1.54, 1.807) is 0 Å². The van der Waals surface area contributed by atoms with Gasteiger partial charge < -0.3 is 4.74 Å². The Bertz CT molecular complexity index is 205. The van der Waals surface area contributed by atoms with E-state index in [-0.39, 0.29) is 27.5 Å². The number of carbonyl (C=O) groups is 2. The lowest BCUT2D eigenvalue weighted by molar-refractivity contribution is -0.141. The Morgan fingerprint density at radius 3 is 2.15 bits per heavy atom. The van der Waals surface area contributed by atoms with E-state index < -0.39 is 0 Å². The minimum absolute atomic E-state index is 0.0808. The molecule has 0 aliphatic rings. The molecule has 0 fully saturated rings. The topological polar surface area (TPSA) is 43.4 Å². The number of esters is 1. The van der Waals surface area contributed by atoms with Gasteiger partial charge in [-0.2, -0.15) is 0 Å². The molecule has 76 valence electrons. The number of hydrogen-bond donors (Lipinski definition) is 0. The summed E-state index contributed by atoms with van der Waals surface area (Å²) in [7, 11) is 1.33. The molecule has 1 atom stereocenters. The van der Waals surface area contributed by atoms with Gasteiger partial charge in [0.2, 0.25) is 0 Å². The molecular formula is C9H15IO3. The summed E-state index contributed by atoms with van der Waals surface area (Å²) in [5.41, 5.74) is -0.378. The van der Waals surface area contributed by atoms with Gasteiger partial charge in [-0.25, -0.2) is 0 Å². The van der Waals surface area contributed by atoms with Gasteiger partial charge in [-0.3, -0.25) is 9.59 Å². The van der Waals surface area contributed by atoms with Crippen LogP contribution in [0.1, 0.15) is 27.2 Å². The molecule has 0 saturated carbocycles. The first kappa shape index (κ1) is 12.9. The number of rotatable bonds is 3. The molecule has 0 radical (unpaired) electrons. The maximum absolute atomic E-state index is 11.5. The molecule has 0 aliphatic heterocycles. The number of carbonyl (C=O) groups excluding carboxylic acids is 2. The second-order valence-corrected chi connectivity index (χ2v) is 5.37. The van der Waals surface area contributed by atoms with E-state index in [1.807, 2.05) is 43.4 Å². The Kier molecular flexibility index (Phi) is 4.88. The van der Waals surface area contributed by atoms with Crippen LogP contribution in [0.2, 0.25) is 0 Å². The third kappa shape index (κ3) is 4.59. The number of alkyl halides is 1. The van der Waals surface area contributed by atoms with E-state index in [2.05, 4.69) is 4.74 Å². The van der Waals surface area contributed by atoms with Gasteiger partial charge in [0.1, 0.15) is 9.71 Å². The lowest BCUT2D eigenvalue weighted by Gasteiger charge is -2.17. The van der Waals surface area contributed by atoms with Crippen LogP contribution < -0.4 is 0 Å². The Labute approximate surface area is 92.4 Å². The third-order valence-electron chi connectivity index (χ3n) is 1.66. The SMILES string of the molecule is COC(=O)C(I)CC(=O)C(C)(C)C. The smallest absolute Gasteiger partial charge is 0.319 e. The van der Waals surface area contributed by atoms with Crippen LogP contribution in [-0.4, -0.2) is 22.8 Å². The Hall–Kier alpha value is -0.130. The third-order valence-corrected chi connectivity index (χ3v) is 2.61. The molecular weight excluding hydrogens is 283 g/mol. The van der Waals surface area contributed by atoms with Crippen LogP contribution in [0.5, 0.6) is 0 Å². The number of methoxy groups -OCH3 is 1. The molecule has 0 N–H and O–H groups in total. The predicted octanol–water partition coefficient (Wildman–Crippen LogP) is 1.97. The summed E-state index contributed by atoms with van der Waals surface area (Å²) in [6.45, 7) is 5.53. The van der Waals surface area contributed by atoms with E-state index in [0.29, 0.717) is 0 Å². The fraction of sp³-hybridized carbons (Fsp3) is 0.778. The standard InChI is InChI=1S/C9H15IO3/c1-9(2,3)7(11)5-6(10)8(12)13-4/h6H,5H2,1-4H3. The maximum Gasteiger partial charge on any atom is 0.319 e. The number of ketones is 1. The van der Waals surface area contributed by atoms with Gasteiger partial charge in [0.25, 0.3) is 0 Å². The van der Waals surface area contributed by atoms with Crippen molar-refractivity contribution in [2.45, 2.75) is 31.1 Å². The molecule has 0 rings (SSSR count). The van der Waals surface area contributed by atoms with Gasteiger partial charge in [0, 0.05) is 11.8 Å². The maximum atomic E-state index is 11.5. The van der Waals surface area contributed by atoms with Crippen LogP contribution in [0.4, 0.5) is 0 Å². The Morgan fingerprint density at radius 2 is 1.85 bits per heavy atom. The van der Waals surface area contributed by atoms with Crippen molar-refractivity contribution in [2.24, 2.45) is 5.41 Å². The van der Waals surface area contributed by atoms with Crippen molar-refractivity contribution < 1.29 is 14.3 Å². The quantitative estimate of drug-likeness (QED) is 0.454. The van der Waals surface area contributed by atoms with Gasteiger partial charge >= 0.3 is 5.97 Å². The molecule has 0 saturated heterocycles. The summed E-state index contributed by atoms with van der Waals surface area (Å²) in [4.78, 5) is 22.5. The van der Waals surface area contributed by atoms with Gasteiger partial charge in [0.15, 0.2) is 0 Å². The molecule has 0 aromatic heterocycles. The Morgan fingerprint density at radius 1 is 1.38 bits per heavy atom. The van der Waals surface area contributed by atoms with Crippen LogP contribution in [0.15, 0.2) is 0 Å². The fourth-order valence-corrected chi connectivity index (χ4v) is 1.33. The monoisotopic (exact) mass is 298 g/mol. The number of halogens is 1. The first-order valence-electron chi connectivity index (χ1n) is 4.04. The lowest BCUT2D eigenvalue weighted by atomic mass is 9.88. The molecule has 0 spiro atoms.